The van der Waals surface area contributed by atoms with Crippen molar-refractivity contribution in [2.24, 2.45) is 0 Å². The first-order valence-electron chi connectivity index (χ1n) is 12.4. The van der Waals surface area contributed by atoms with Crippen LogP contribution in [0.3, 0.4) is 0 Å². The highest BCUT2D eigenvalue weighted by molar-refractivity contribution is 5.54. The van der Waals surface area contributed by atoms with Crippen LogP contribution in [0.1, 0.15) is 69.2 Å². The van der Waals surface area contributed by atoms with Crippen LogP contribution in [0.2, 0.25) is 0 Å². The van der Waals surface area contributed by atoms with E-state index in [2.05, 4.69) is 29.1 Å². The molecular weight excluding hydrogens is 432 g/mol. The molecule has 0 bridgehead atoms. The van der Waals surface area contributed by atoms with Gasteiger partial charge in [-0.15, -0.1) is 0 Å². The number of nitrogens with two attached hydrogens (primary N) is 1. The first kappa shape index (κ1) is 27.7. The van der Waals surface area contributed by atoms with Crippen molar-refractivity contribution in [1.29, 1.82) is 0 Å². The quantitative estimate of drug-likeness (QED) is 0.287. The number of aromatic nitrogens is 2. The van der Waals surface area contributed by atoms with Crippen LogP contribution >= 0.6 is 0 Å². The Morgan fingerprint density at radius 2 is 1.88 bits per heavy atom. The molecule has 190 valence electrons. The van der Waals surface area contributed by atoms with E-state index >= 15 is 0 Å². The highest BCUT2D eigenvalue weighted by atomic mass is 16.5. The van der Waals surface area contributed by atoms with Gasteiger partial charge < -0.3 is 30.4 Å². The molecule has 1 heterocycles. The van der Waals surface area contributed by atoms with Gasteiger partial charge in [-0.05, 0) is 37.8 Å². The Labute approximate surface area is 204 Å². The maximum absolute atomic E-state index is 8.96. The van der Waals surface area contributed by atoms with Crippen molar-refractivity contribution < 1.29 is 19.3 Å². The van der Waals surface area contributed by atoms with Crippen molar-refractivity contribution in [3.8, 4) is 11.5 Å². The Hall–Kier alpha value is -2.58. The standard InChI is InChI=1S/C26H42N4O4/c1-5-7-14-33-16-12-21(9-6-2)29-25-23(19(3)28-26(27)30-25)17-20-10-11-22(18-24(20)32-4)34-15-8-13-31/h10-11,18,21,31H,5-9,12-17H2,1-4H3,(H3,27,28,29,30)/t21-/m0/s1. The van der Waals surface area contributed by atoms with E-state index in [1.165, 1.54) is 0 Å². The van der Waals surface area contributed by atoms with E-state index in [0.717, 1.165) is 73.7 Å². The maximum Gasteiger partial charge on any atom is 0.222 e. The van der Waals surface area contributed by atoms with Gasteiger partial charge in [-0.25, -0.2) is 4.98 Å². The summed E-state index contributed by atoms with van der Waals surface area (Å²) in [4.78, 5) is 8.97. The Kier molecular flexibility index (Phi) is 12.5. The van der Waals surface area contributed by atoms with Gasteiger partial charge in [0.05, 0.1) is 13.7 Å². The molecule has 8 heteroatoms. The number of anilines is 2. The molecule has 0 aliphatic carbocycles. The molecule has 0 saturated carbocycles. The summed E-state index contributed by atoms with van der Waals surface area (Å²) in [6, 6.07) is 6.03. The number of aliphatic hydroxyl groups is 1. The summed E-state index contributed by atoms with van der Waals surface area (Å²) in [5, 5.41) is 12.6. The van der Waals surface area contributed by atoms with Gasteiger partial charge in [0.1, 0.15) is 17.3 Å². The highest BCUT2D eigenvalue weighted by Crippen LogP contribution is 2.30. The van der Waals surface area contributed by atoms with Crippen molar-refractivity contribution in [1.82, 2.24) is 9.97 Å². The minimum atomic E-state index is 0.102. The molecule has 34 heavy (non-hydrogen) atoms. The molecule has 0 unspecified atom stereocenters. The number of aryl methyl sites for hydroxylation is 1. The fourth-order valence-corrected chi connectivity index (χ4v) is 3.76. The van der Waals surface area contributed by atoms with E-state index in [9.17, 15) is 0 Å². The van der Waals surface area contributed by atoms with Crippen LogP contribution in [0.15, 0.2) is 18.2 Å². The zero-order chi connectivity index (χ0) is 24.8. The third-order valence-electron chi connectivity index (χ3n) is 5.66. The molecule has 0 fully saturated rings. The van der Waals surface area contributed by atoms with Crippen molar-refractivity contribution >= 4 is 11.8 Å². The number of hydrogen-bond donors (Lipinski definition) is 3. The third-order valence-corrected chi connectivity index (χ3v) is 5.66. The average molecular weight is 475 g/mol. The Morgan fingerprint density at radius 3 is 2.59 bits per heavy atom. The third kappa shape index (κ3) is 8.99. The topological polar surface area (TPSA) is 112 Å². The van der Waals surface area contributed by atoms with Crippen LogP contribution in [-0.4, -0.2) is 54.7 Å². The molecule has 0 radical (unpaired) electrons. The molecule has 0 aliphatic rings. The molecule has 1 atom stereocenters. The lowest BCUT2D eigenvalue weighted by molar-refractivity contribution is 0.125. The first-order valence-corrected chi connectivity index (χ1v) is 12.4. The highest BCUT2D eigenvalue weighted by Gasteiger charge is 2.17. The predicted octanol–water partition coefficient (Wildman–Crippen LogP) is 4.52. The van der Waals surface area contributed by atoms with Crippen LogP contribution in [-0.2, 0) is 11.2 Å². The lowest BCUT2D eigenvalue weighted by Gasteiger charge is -2.22. The largest absolute Gasteiger partial charge is 0.496 e. The number of aliphatic hydroxyl groups excluding tert-OH is 1. The molecule has 1 aromatic heterocycles. The van der Waals surface area contributed by atoms with Gasteiger partial charge in [-0.3, -0.25) is 0 Å². The summed E-state index contributed by atoms with van der Waals surface area (Å²) >= 11 is 0. The van der Waals surface area contributed by atoms with Gasteiger partial charge in [-0.2, -0.15) is 4.98 Å². The molecule has 0 spiro atoms. The number of rotatable bonds is 17. The summed E-state index contributed by atoms with van der Waals surface area (Å²) in [6.07, 6.45) is 6.40. The number of nitrogens with zero attached hydrogens (tertiary/aromatic N) is 2. The number of hydrogen-bond acceptors (Lipinski definition) is 8. The monoisotopic (exact) mass is 474 g/mol. The van der Waals surface area contributed by atoms with E-state index in [4.69, 9.17) is 25.1 Å². The van der Waals surface area contributed by atoms with Crippen LogP contribution < -0.4 is 20.5 Å². The Morgan fingerprint density at radius 1 is 1.06 bits per heavy atom. The molecule has 2 rings (SSSR count). The minimum Gasteiger partial charge on any atom is -0.496 e. The van der Waals surface area contributed by atoms with Crippen LogP contribution in [0.25, 0.3) is 0 Å². The van der Waals surface area contributed by atoms with E-state index in [1.54, 1.807) is 7.11 Å². The Balaban J connectivity index is 2.20. The van der Waals surface area contributed by atoms with Gasteiger partial charge in [0.15, 0.2) is 0 Å². The van der Waals surface area contributed by atoms with Gasteiger partial charge in [-0.1, -0.05) is 32.8 Å². The molecule has 0 aliphatic heterocycles. The average Bonchev–Trinajstić information content (AvgIpc) is 2.81. The fraction of sp³-hybridized carbons (Fsp3) is 0.615. The smallest absolute Gasteiger partial charge is 0.222 e. The second-order valence-corrected chi connectivity index (χ2v) is 8.45. The van der Waals surface area contributed by atoms with Crippen LogP contribution in [0.5, 0.6) is 11.5 Å². The summed E-state index contributed by atoms with van der Waals surface area (Å²) in [5.74, 6) is 2.47. The lowest BCUT2D eigenvalue weighted by atomic mass is 10.0. The van der Waals surface area contributed by atoms with Gasteiger partial charge in [0.25, 0.3) is 0 Å². The SMILES string of the molecule is CCCCOCC[C@H](CCC)Nc1nc(N)nc(C)c1Cc1ccc(OCCCO)cc1OC. The fourth-order valence-electron chi connectivity index (χ4n) is 3.76. The second-order valence-electron chi connectivity index (χ2n) is 8.45. The normalized spacial score (nSPS) is 11.9. The first-order chi connectivity index (χ1) is 16.5. The molecule has 2 aromatic rings. The van der Waals surface area contributed by atoms with E-state index in [0.29, 0.717) is 25.2 Å². The number of methoxy groups -OCH3 is 1. The minimum absolute atomic E-state index is 0.102. The number of ether oxygens (including phenoxy) is 3. The maximum atomic E-state index is 8.96. The zero-order valence-electron chi connectivity index (χ0n) is 21.2. The van der Waals surface area contributed by atoms with Crippen LogP contribution in [0.4, 0.5) is 11.8 Å². The predicted molar refractivity (Wildman–Crippen MR) is 137 cm³/mol. The van der Waals surface area contributed by atoms with Crippen molar-refractivity contribution in [2.45, 2.75) is 71.8 Å². The van der Waals surface area contributed by atoms with E-state index in [-0.39, 0.29) is 18.6 Å². The van der Waals surface area contributed by atoms with Crippen molar-refractivity contribution in [3.63, 3.8) is 0 Å². The number of unbranched alkanes of at least 4 members (excludes halogenated alkanes) is 1. The van der Waals surface area contributed by atoms with Gasteiger partial charge in [0.2, 0.25) is 5.95 Å². The zero-order valence-corrected chi connectivity index (χ0v) is 21.2. The number of nitrogens with one attached hydrogen (secondary N) is 1. The molecule has 4 N–H and O–H groups in total. The summed E-state index contributed by atoms with van der Waals surface area (Å²) in [5.41, 5.74) is 8.86. The molecule has 1 aromatic carbocycles. The molecule has 0 saturated heterocycles. The van der Waals surface area contributed by atoms with E-state index in [1.807, 2.05) is 25.1 Å². The van der Waals surface area contributed by atoms with Crippen LogP contribution in [0, 0.1) is 6.92 Å². The number of nitrogen functional groups attached to an aromatic ring is 1. The van der Waals surface area contributed by atoms with Crippen molar-refractivity contribution in [2.75, 3.05) is 44.6 Å². The van der Waals surface area contributed by atoms with Crippen molar-refractivity contribution in [3.05, 3.63) is 35.0 Å². The lowest BCUT2D eigenvalue weighted by Crippen LogP contribution is -2.24. The second kappa shape index (κ2) is 15.3. The summed E-state index contributed by atoms with van der Waals surface area (Å²) < 4.78 is 17.1. The van der Waals surface area contributed by atoms with E-state index < -0.39 is 0 Å². The summed E-state index contributed by atoms with van der Waals surface area (Å²) in [7, 11) is 1.65. The molecule has 0 amide bonds. The molecular formula is C26H42N4O4. The van der Waals surface area contributed by atoms with Gasteiger partial charge >= 0.3 is 0 Å². The molecule has 8 nitrogen and oxygen atoms in total. The summed E-state index contributed by atoms with van der Waals surface area (Å²) in [6.45, 7) is 8.39. The Bertz CT molecular complexity index is 863. The number of benzene rings is 1. The van der Waals surface area contributed by atoms with Gasteiger partial charge in [0, 0.05) is 56.0 Å².